The first-order valence-corrected chi connectivity index (χ1v) is 9.04. The zero-order chi connectivity index (χ0) is 18.7. The lowest BCUT2D eigenvalue weighted by molar-refractivity contribution is -0.274. The fourth-order valence-electron chi connectivity index (χ4n) is 2.82. The van der Waals surface area contributed by atoms with Crippen LogP contribution in [0.2, 0.25) is 0 Å². The summed E-state index contributed by atoms with van der Waals surface area (Å²) in [5.41, 5.74) is 0.562. The van der Waals surface area contributed by atoms with Crippen molar-refractivity contribution >= 4 is 41.3 Å². The van der Waals surface area contributed by atoms with Crippen LogP contribution in [0.5, 0.6) is 5.75 Å². The molecule has 0 spiro atoms. The van der Waals surface area contributed by atoms with Gasteiger partial charge in [0.2, 0.25) is 0 Å². The Balaban J connectivity index is 0.00000261. The molecule has 1 aromatic carbocycles. The molecule has 1 aliphatic carbocycles. The number of halogens is 4. The molecule has 0 aliphatic heterocycles. The molecule has 1 aliphatic rings. The van der Waals surface area contributed by atoms with Crippen LogP contribution in [0.4, 0.5) is 13.2 Å². The quantitative estimate of drug-likeness (QED) is 0.345. The zero-order valence-electron chi connectivity index (χ0n) is 14.8. The van der Waals surface area contributed by atoms with Crippen molar-refractivity contribution in [2.24, 2.45) is 4.99 Å². The van der Waals surface area contributed by atoms with Crippen LogP contribution >= 0.6 is 35.3 Å². The number of para-hydroxylation sites is 1. The maximum atomic E-state index is 12.6. The fraction of sp³-hybridized carbons (Fsp3) is 0.389. The molecule has 2 aromatic rings. The number of hydrogen-bond acceptors (Lipinski definition) is 3. The molecule has 2 atom stereocenters. The lowest BCUT2D eigenvalue weighted by Gasteiger charge is -2.14. The minimum absolute atomic E-state index is 0. The Morgan fingerprint density at radius 2 is 2.00 bits per heavy atom. The van der Waals surface area contributed by atoms with E-state index in [0.717, 1.165) is 6.42 Å². The van der Waals surface area contributed by atoms with Gasteiger partial charge in [0, 0.05) is 28.8 Å². The van der Waals surface area contributed by atoms with Crippen molar-refractivity contribution in [2.45, 2.75) is 38.2 Å². The minimum Gasteiger partial charge on any atom is -0.405 e. The predicted octanol–water partition coefficient (Wildman–Crippen LogP) is 4.79. The maximum absolute atomic E-state index is 12.6. The Morgan fingerprint density at radius 1 is 1.26 bits per heavy atom. The molecule has 0 bridgehead atoms. The van der Waals surface area contributed by atoms with Crippen LogP contribution in [0, 0.1) is 6.92 Å². The topological polar surface area (TPSA) is 45.7 Å². The normalized spacial score (nSPS) is 19.2. The van der Waals surface area contributed by atoms with Crippen LogP contribution in [0.25, 0.3) is 0 Å². The third-order valence-corrected chi connectivity index (χ3v) is 5.11. The van der Waals surface area contributed by atoms with E-state index in [1.165, 1.54) is 15.8 Å². The summed E-state index contributed by atoms with van der Waals surface area (Å²) in [5.74, 6) is 0.472. The van der Waals surface area contributed by atoms with Gasteiger partial charge in [0.1, 0.15) is 5.75 Å². The van der Waals surface area contributed by atoms with Gasteiger partial charge in [-0.1, -0.05) is 18.2 Å². The number of benzene rings is 1. The van der Waals surface area contributed by atoms with Crippen LogP contribution in [0.1, 0.15) is 27.7 Å². The minimum atomic E-state index is -4.69. The van der Waals surface area contributed by atoms with Crippen molar-refractivity contribution in [1.82, 2.24) is 10.6 Å². The first-order chi connectivity index (χ1) is 12.4. The van der Waals surface area contributed by atoms with Crippen LogP contribution < -0.4 is 15.4 Å². The van der Waals surface area contributed by atoms with Gasteiger partial charge < -0.3 is 15.4 Å². The van der Waals surface area contributed by atoms with Crippen LogP contribution in [0.15, 0.2) is 41.4 Å². The molecule has 1 fully saturated rings. The highest BCUT2D eigenvalue weighted by Crippen LogP contribution is 2.45. The number of nitrogens with zero attached hydrogens (tertiary/aromatic N) is 1. The molecule has 0 saturated heterocycles. The standard InChI is InChI=1S/C18H20F3N3OS.HI/c1-11-7-8-12(26-11)10-23-17(22-2)24-15-9-14(15)13-5-3-4-6-16(13)25-18(19,20)21;/h3-8,14-15H,9-10H2,1-2H3,(H2,22,23,24);1H. The molecule has 2 N–H and O–H groups in total. The second kappa shape index (κ2) is 9.13. The average molecular weight is 511 g/mol. The second-order valence-corrected chi connectivity index (χ2v) is 7.49. The van der Waals surface area contributed by atoms with E-state index in [9.17, 15) is 13.2 Å². The summed E-state index contributed by atoms with van der Waals surface area (Å²) in [5, 5.41) is 6.50. The predicted molar refractivity (Wildman–Crippen MR) is 112 cm³/mol. The zero-order valence-corrected chi connectivity index (χ0v) is 18.0. The lowest BCUT2D eigenvalue weighted by atomic mass is 10.1. The van der Waals surface area contributed by atoms with Crippen molar-refractivity contribution in [2.75, 3.05) is 7.05 Å². The highest BCUT2D eigenvalue weighted by molar-refractivity contribution is 14.0. The van der Waals surface area contributed by atoms with E-state index in [-0.39, 0.29) is 41.7 Å². The molecule has 1 heterocycles. The first-order valence-electron chi connectivity index (χ1n) is 8.23. The summed E-state index contributed by atoms with van der Waals surface area (Å²) < 4.78 is 41.8. The summed E-state index contributed by atoms with van der Waals surface area (Å²) in [6.45, 7) is 2.71. The van der Waals surface area contributed by atoms with E-state index in [2.05, 4.69) is 39.4 Å². The molecule has 1 saturated carbocycles. The van der Waals surface area contributed by atoms with Gasteiger partial charge in [-0.2, -0.15) is 0 Å². The molecule has 0 radical (unpaired) electrons. The molecule has 2 unspecified atom stereocenters. The number of hydrogen-bond donors (Lipinski definition) is 2. The summed E-state index contributed by atoms with van der Waals surface area (Å²) in [7, 11) is 1.67. The first kappa shape index (κ1) is 21.8. The van der Waals surface area contributed by atoms with Gasteiger partial charge in [0.15, 0.2) is 5.96 Å². The maximum Gasteiger partial charge on any atom is 0.573 e. The molecule has 9 heteroatoms. The van der Waals surface area contributed by atoms with E-state index in [1.54, 1.807) is 36.6 Å². The number of aryl methyl sites for hydroxylation is 1. The second-order valence-electron chi connectivity index (χ2n) is 6.12. The monoisotopic (exact) mass is 511 g/mol. The molecule has 0 amide bonds. The van der Waals surface area contributed by atoms with E-state index in [0.29, 0.717) is 18.1 Å². The van der Waals surface area contributed by atoms with Crippen molar-refractivity contribution in [3.05, 3.63) is 51.7 Å². The molecular formula is C18H21F3IN3OS. The van der Waals surface area contributed by atoms with Crippen molar-refractivity contribution in [3.63, 3.8) is 0 Å². The van der Waals surface area contributed by atoms with E-state index in [1.807, 2.05) is 0 Å². The van der Waals surface area contributed by atoms with Gasteiger partial charge in [-0.15, -0.1) is 48.5 Å². The van der Waals surface area contributed by atoms with Crippen LogP contribution in [-0.2, 0) is 6.54 Å². The molecular weight excluding hydrogens is 490 g/mol. The molecule has 3 rings (SSSR count). The number of nitrogens with one attached hydrogen (secondary N) is 2. The molecule has 27 heavy (non-hydrogen) atoms. The van der Waals surface area contributed by atoms with E-state index < -0.39 is 6.36 Å². The van der Waals surface area contributed by atoms with Crippen LogP contribution in [0.3, 0.4) is 0 Å². The third-order valence-electron chi connectivity index (χ3n) is 4.11. The number of ether oxygens (including phenoxy) is 1. The van der Waals surface area contributed by atoms with Gasteiger partial charge in [-0.05, 0) is 37.1 Å². The van der Waals surface area contributed by atoms with Crippen molar-refractivity contribution < 1.29 is 17.9 Å². The Morgan fingerprint density at radius 3 is 2.63 bits per heavy atom. The highest BCUT2D eigenvalue weighted by atomic mass is 127. The number of thiophene rings is 1. The Kier molecular flexibility index (Phi) is 7.38. The molecule has 148 valence electrons. The Labute approximate surface area is 177 Å². The number of alkyl halides is 3. The molecule has 1 aromatic heterocycles. The van der Waals surface area contributed by atoms with E-state index >= 15 is 0 Å². The third kappa shape index (κ3) is 6.27. The van der Waals surface area contributed by atoms with Gasteiger partial charge in [-0.25, -0.2) is 0 Å². The van der Waals surface area contributed by atoms with Crippen molar-refractivity contribution in [1.29, 1.82) is 0 Å². The van der Waals surface area contributed by atoms with E-state index in [4.69, 9.17) is 0 Å². The number of rotatable bonds is 5. The smallest absolute Gasteiger partial charge is 0.405 e. The highest BCUT2D eigenvalue weighted by Gasteiger charge is 2.42. The van der Waals surface area contributed by atoms with Gasteiger partial charge in [0.05, 0.1) is 6.54 Å². The lowest BCUT2D eigenvalue weighted by Crippen LogP contribution is -2.38. The van der Waals surface area contributed by atoms with Crippen LogP contribution in [-0.4, -0.2) is 25.4 Å². The van der Waals surface area contributed by atoms with Gasteiger partial charge in [0.25, 0.3) is 0 Å². The number of aliphatic imine (C=N–C) groups is 1. The largest absolute Gasteiger partial charge is 0.573 e. The molecule has 4 nitrogen and oxygen atoms in total. The fourth-order valence-corrected chi connectivity index (χ4v) is 3.65. The Bertz CT molecular complexity index is 794. The van der Waals surface area contributed by atoms with Crippen molar-refractivity contribution in [3.8, 4) is 5.75 Å². The Hall–Kier alpha value is -1.49. The summed E-state index contributed by atoms with van der Waals surface area (Å²) in [6.07, 6.45) is -3.96. The number of guanidine groups is 1. The summed E-state index contributed by atoms with van der Waals surface area (Å²) in [4.78, 5) is 6.63. The van der Waals surface area contributed by atoms with Gasteiger partial charge in [-0.3, -0.25) is 4.99 Å². The average Bonchev–Trinajstić information content (AvgIpc) is 3.21. The summed E-state index contributed by atoms with van der Waals surface area (Å²) in [6, 6.07) is 10.4. The summed E-state index contributed by atoms with van der Waals surface area (Å²) >= 11 is 1.71. The SMILES string of the molecule is CN=C(NCc1ccc(C)s1)NC1CC1c1ccccc1OC(F)(F)F.I. The van der Waals surface area contributed by atoms with Gasteiger partial charge >= 0.3 is 6.36 Å².